The van der Waals surface area contributed by atoms with Crippen LogP contribution in [0.15, 0.2) is 51.0 Å². The van der Waals surface area contributed by atoms with Crippen molar-refractivity contribution in [2.75, 3.05) is 11.9 Å². The van der Waals surface area contributed by atoms with Gasteiger partial charge < -0.3 is 9.73 Å². The van der Waals surface area contributed by atoms with Crippen LogP contribution in [0, 0.1) is 6.92 Å². The summed E-state index contributed by atoms with van der Waals surface area (Å²) in [5.41, 5.74) is 4.18. The van der Waals surface area contributed by atoms with Crippen molar-refractivity contribution < 1.29 is 22.2 Å². The molecule has 0 spiro atoms. The number of hydrazone groups is 1. The maximum Gasteiger partial charge on any atom is 0.328 e. The molecule has 3 N–H and O–H groups in total. The summed E-state index contributed by atoms with van der Waals surface area (Å²) in [5, 5.41) is 5.96. The quantitative estimate of drug-likeness (QED) is 0.416. The molecule has 1 heterocycles. The van der Waals surface area contributed by atoms with Gasteiger partial charge in [-0.05, 0) is 31.2 Å². The molecular weight excluding hydrogens is 322 g/mol. The van der Waals surface area contributed by atoms with Crippen LogP contribution in [-0.2, 0) is 14.9 Å². The minimum Gasteiger partial charge on any atom is -0.441 e. The van der Waals surface area contributed by atoms with Crippen LogP contribution in [0.25, 0.3) is 0 Å². The summed E-state index contributed by atoms with van der Waals surface area (Å²) in [5.74, 6) is -0.312. The van der Waals surface area contributed by atoms with Gasteiger partial charge in [0.15, 0.2) is 0 Å². The third-order valence-corrected chi connectivity index (χ3v) is 3.47. The van der Waals surface area contributed by atoms with Crippen LogP contribution in [0.2, 0.25) is 0 Å². The summed E-state index contributed by atoms with van der Waals surface area (Å²) >= 11 is 0. The van der Waals surface area contributed by atoms with Crippen molar-refractivity contribution in [3.05, 3.63) is 47.7 Å². The van der Waals surface area contributed by atoms with Gasteiger partial charge in [-0.15, -0.1) is 0 Å². The van der Waals surface area contributed by atoms with Gasteiger partial charge in [-0.2, -0.15) is 13.5 Å². The second-order valence-electron chi connectivity index (χ2n) is 4.64. The van der Waals surface area contributed by atoms with Crippen LogP contribution >= 0.6 is 0 Å². The lowest BCUT2D eigenvalue weighted by Gasteiger charge is -2.05. The molecule has 2 aromatic rings. The highest BCUT2D eigenvalue weighted by molar-refractivity contribution is 7.85. The number of hydrogen-bond donors (Lipinski definition) is 3. The first-order chi connectivity index (χ1) is 10.8. The highest BCUT2D eigenvalue weighted by Gasteiger charge is 2.13. The van der Waals surface area contributed by atoms with Crippen LogP contribution in [0.5, 0.6) is 0 Å². The zero-order valence-corrected chi connectivity index (χ0v) is 13.0. The number of nitrogens with one attached hydrogen (secondary N) is 2. The molecule has 0 saturated heterocycles. The van der Waals surface area contributed by atoms with E-state index in [1.54, 1.807) is 0 Å². The molecule has 1 aromatic carbocycles. The van der Waals surface area contributed by atoms with Crippen LogP contribution in [0.4, 0.5) is 5.69 Å². The minimum absolute atomic E-state index is 0.0226. The van der Waals surface area contributed by atoms with Crippen LogP contribution < -0.4 is 10.7 Å². The highest BCUT2D eigenvalue weighted by atomic mass is 32.2. The monoisotopic (exact) mass is 337 g/mol. The third kappa shape index (κ3) is 5.24. The molecule has 2 rings (SSSR count). The molecule has 0 aliphatic heterocycles. The standard InChI is InChI=1S/C14H15N3O5S/c1-10-2-4-11(5-3-10)15-9-13(18)17-16-8-12-6-7-14(22-12)23(19,20)21/h2-8,15H,9H2,1H3,(H,17,18)(H,19,20,21)/b16-8+. The Labute approximate surface area is 132 Å². The molecule has 0 saturated carbocycles. The lowest BCUT2D eigenvalue weighted by Crippen LogP contribution is -2.25. The summed E-state index contributed by atoms with van der Waals surface area (Å²) in [7, 11) is -4.39. The number of aryl methyl sites for hydroxylation is 1. The van der Waals surface area contributed by atoms with E-state index in [1.807, 2.05) is 31.2 Å². The summed E-state index contributed by atoms with van der Waals surface area (Å²) in [6.45, 7) is 1.99. The van der Waals surface area contributed by atoms with E-state index in [9.17, 15) is 13.2 Å². The first-order valence-electron chi connectivity index (χ1n) is 6.54. The Morgan fingerprint density at radius 3 is 2.57 bits per heavy atom. The number of benzene rings is 1. The molecule has 0 unspecified atom stereocenters. The maximum absolute atomic E-state index is 11.6. The molecule has 9 heteroatoms. The Kier molecular flexibility index (Phi) is 5.14. The number of rotatable bonds is 6. The van der Waals surface area contributed by atoms with Crippen LogP contribution in [0.1, 0.15) is 11.3 Å². The maximum atomic E-state index is 11.6. The average molecular weight is 337 g/mol. The lowest BCUT2D eigenvalue weighted by atomic mass is 10.2. The van der Waals surface area contributed by atoms with E-state index in [2.05, 4.69) is 15.8 Å². The average Bonchev–Trinajstić information content (AvgIpc) is 2.96. The molecule has 0 aliphatic rings. The number of carbonyl (C=O) groups excluding carboxylic acids is 1. The summed E-state index contributed by atoms with van der Waals surface area (Å²) in [6, 6.07) is 9.92. The van der Waals surface area contributed by atoms with Crippen molar-refractivity contribution in [2.24, 2.45) is 5.10 Å². The molecule has 0 aliphatic carbocycles. The van der Waals surface area contributed by atoms with E-state index in [0.717, 1.165) is 23.5 Å². The topological polar surface area (TPSA) is 121 Å². The van der Waals surface area contributed by atoms with Gasteiger partial charge in [0.05, 0.1) is 12.8 Å². The molecule has 122 valence electrons. The number of furan rings is 1. The SMILES string of the molecule is Cc1ccc(NCC(=O)N/N=C/c2ccc(S(=O)(=O)O)o2)cc1. The van der Waals surface area contributed by atoms with E-state index in [4.69, 9.17) is 8.97 Å². The van der Waals surface area contributed by atoms with Crippen molar-refractivity contribution in [3.8, 4) is 0 Å². The lowest BCUT2D eigenvalue weighted by molar-refractivity contribution is -0.119. The summed E-state index contributed by atoms with van der Waals surface area (Å²) in [4.78, 5) is 11.6. The Morgan fingerprint density at radius 2 is 1.96 bits per heavy atom. The van der Waals surface area contributed by atoms with Gasteiger partial charge in [0.1, 0.15) is 5.76 Å². The van der Waals surface area contributed by atoms with Crippen molar-refractivity contribution in [3.63, 3.8) is 0 Å². The Hall–Kier alpha value is -2.65. The van der Waals surface area contributed by atoms with E-state index in [1.165, 1.54) is 6.07 Å². The van der Waals surface area contributed by atoms with Crippen molar-refractivity contribution in [1.82, 2.24) is 5.43 Å². The molecular formula is C14H15N3O5S. The van der Waals surface area contributed by atoms with Crippen molar-refractivity contribution >= 4 is 27.9 Å². The van der Waals surface area contributed by atoms with E-state index < -0.39 is 15.2 Å². The van der Waals surface area contributed by atoms with E-state index in [-0.39, 0.29) is 18.2 Å². The number of anilines is 1. The number of hydrogen-bond acceptors (Lipinski definition) is 6. The second-order valence-corrected chi connectivity index (χ2v) is 6.00. The summed E-state index contributed by atoms with van der Waals surface area (Å²) in [6.07, 6.45) is 1.12. The first kappa shape index (κ1) is 16.7. The van der Waals surface area contributed by atoms with E-state index in [0.29, 0.717) is 0 Å². The predicted molar refractivity (Wildman–Crippen MR) is 83.9 cm³/mol. The van der Waals surface area contributed by atoms with Gasteiger partial charge >= 0.3 is 10.1 Å². The van der Waals surface area contributed by atoms with Gasteiger partial charge in [-0.3, -0.25) is 9.35 Å². The molecule has 0 fully saturated rings. The molecule has 0 radical (unpaired) electrons. The first-order valence-corrected chi connectivity index (χ1v) is 7.98. The van der Waals surface area contributed by atoms with Crippen LogP contribution in [-0.4, -0.2) is 31.6 Å². The Morgan fingerprint density at radius 1 is 1.26 bits per heavy atom. The fraction of sp³-hybridized carbons (Fsp3) is 0.143. The largest absolute Gasteiger partial charge is 0.441 e. The van der Waals surface area contributed by atoms with Crippen molar-refractivity contribution in [2.45, 2.75) is 12.0 Å². The fourth-order valence-corrected chi connectivity index (χ4v) is 2.05. The van der Waals surface area contributed by atoms with E-state index >= 15 is 0 Å². The second kappa shape index (κ2) is 7.07. The van der Waals surface area contributed by atoms with Gasteiger partial charge in [0.2, 0.25) is 5.09 Å². The van der Waals surface area contributed by atoms with Gasteiger partial charge in [0, 0.05) is 5.69 Å². The van der Waals surface area contributed by atoms with Crippen molar-refractivity contribution in [1.29, 1.82) is 0 Å². The predicted octanol–water partition coefficient (Wildman–Crippen LogP) is 1.40. The molecule has 23 heavy (non-hydrogen) atoms. The number of nitrogens with zero attached hydrogens (tertiary/aromatic N) is 1. The van der Waals surface area contributed by atoms with Gasteiger partial charge in [-0.1, -0.05) is 17.7 Å². The molecule has 1 amide bonds. The highest BCUT2D eigenvalue weighted by Crippen LogP contribution is 2.11. The number of carbonyl (C=O) groups is 1. The molecule has 0 atom stereocenters. The minimum atomic E-state index is -4.39. The number of amides is 1. The van der Waals surface area contributed by atoms with Gasteiger partial charge in [-0.25, -0.2) is 5.43 Å². The molecule has 0 bridgehead atoms. The Bertz CT molecular complexity index is 809. The smallest absolute Gasteiger partial charge is 0.328 e. The fourth-order valence-electron chi connectivity index (χ4n) is 1.60. The van der Waals surface area contributed by atoms with Gasteiger partial charge in [0.25, 0.3) is 5.91 Å². The van der Waals surface area contributed by atoms with Crippen LogP contribution in [0.3, 0.4) is 0 Å². The Balaban J connectivity index is 1.82. The normalized spacial score (nSPS) is 11.6. The zero-order valence-electron chi connectivity index (χ0n) is 12.2. The molecule has 8 nitrogen and oxygen atoms in total. The third-order valence-electron chi connectivity index (χ3n) is 2.74. The zero-order chi connectivity index (χ0) is 16.9. The summed E-state index contributed by atoms with van der Waals surface area (Å²) < 4.78 is 35.2. The molecule has 1 aromatic heterocycles.